The second-order valence-corrected chi connectivity index (χ2v) is 6.63. The van der Waals surface area contributed by atoms with Gasteiger partial charge in [0.05, 0.1) is 10.6 Å². The highest BCUT2D eigenvalue weighted by Crippen LogP contribution is 2.44. The average Bonchev–Trinajstić information content (AvgIpc) is 3.05. The SMILES string of the molecule is CNC(=O)CC1CCC2CC(=O)N(C(=O)c3ccccc3Cl)C12. The van der Waals surface area contributed by atoms with E-state index in [-0.39, 0.29) is 35.6 Å². The highest BCUT2D eigenvalue weighted by molar-refractivity contribution is 6.34. The molecule has 3 atom stereocenters. The van der Waals surface area contributed by atoms with Crippen LogP contribution in [-0.2, 0) is 9.59 Å². The highest BCUT2D eigenvalue weighted by Gasteiger charge is 2.50. The van der Waals surface area contributed by atoms with E-state index in [9.17, 15) is 14.4 Å². The summed E-state index contributed by atoms with van der Waals surface area (Å²) in [5, 5.41) is 2.96. The average molecular weight is 335 g/mol. The lowest BCUT2D eigenvalue weighted by atomic mass is 9.95. The summed E-state index contributed by atoms with van der Waals surface area (Å²) in [6.07, 6.45) is 2.47. The molecule has 3 rings (SSSR count). The van der Waals surface area contributed by atoms with Gasteiger partial charge in [-0.3, -0.25) is 19.3 Å². The summed E-state index contributed by atoms with van der Waals surface area (Å²) in [7, 11) is 1.60. The molecule has 1 N–H and O–H groups in total. The van der Waals surface area contributed by atoms with Crippen LogP contribution in [0.2, 0.25) is 5.02 Å². The minimum Gasteiger partial charge on any atom is -0.359 e. The van der Waals surface area contributed by atoms with E-state index in [0.717, 1.165) is 12.8 Å². The lowest BCUT2D eigenvalue weighted by Gasteiger charge is -2.28. The lowest BCUT2D eigenvalue weighted by molar-refractivity contribution is -0.128. The number of nitrogens with one attached hydrogen (secondary N) is 1. The second-order valence-electron chi connectivity index (χ2n) is 6.22. The van der Waals surface area contributed by atoms with E-state index in [1.807, 2.05) is 0 Å². The van der Waals surface area contributed by atoms with Crippen molar-refractivity contribution in [3.63, 3.8) is 0 Å². The van der Waals surface area contributed by atoms with Gasteiger partial charge in [-0.2, -0.15) is 0 Å². The van der Waals surface area contributed by atoms with Crippen LogP contribution in [0.25, 0.3) is 0 Å². The molecule has 2 aliphatic rings. The van der Waals surface area contributed by atoms with Gasteiger partial charge in [-0.05, 0) is 36.8 Å². The molecular formula is C17H19ClN2O3. The number of hydrogen-bond acceptors (Lipinski definition) is 3. The predicted octanol–water partition coefficient (Wildman–Crippen LogP) is 2.24. The summed E-state index contributed by atoms with van der Waals surface area (Å²) < 4.78 is 0. The van der Waals surface area contributed by atoms with Gasteiger partial charge in [-0.15, -0.1) is 0 Å². The molecule has 1 aliphatic heterocycles. The number of carbonyl (C=O) groups is 3. The Bertz CT molecular complexity index is 661. The molecule has 1 aromatic rings. The molecule has 3 unspecified atom stereocenters. The number of fused-ring (bicyclic) bond motifs is 1. The fourth-order valence-corrected chi connectivity index (χ4v) is 4.08. The second kappa shape index (κ2) is 6.32. The summed E-state index contributed by atoms with van der Waals surface area (Å²) in [5.74, 6) is -0.384. The Kier molecular flexibility index (Phi) is 4.39. The molecular weight excluding hydrogens is 316 g/mol. The van der Waals surface area contributed by atoms with Crippen molar-refractivity contribution in [2.24, 2.45) is 11.8 Å². The van der Waals surface area contributed by atoms with Crippen LogP contribution in [0.1, 0.15) is 36.0 Å². The van der Waals surface area contributed by atoms with Gasteiger partial charge in [0.15, 0.2) is 0 Å². The van der Waals surface area contributed by atoms with Gasteiger partial charge in [0.1, 0.15) is 0 Å². The maximum atomic E-state index is 12.8. The van der Waals surface area contributed by atoms with Crippen molar-refractivity contribution in [3.8, 4) is 0 Å². The van der Waals surface area contributed by atoms with Crippen molar-refractivity contribution < 1.29 is 14.4 Å². The van der Waals surface area contributed by atoms with E-state index in [1.54, 1.807) is 31.3 Å². The van der Waals surface area contributed by atoms with Crippen molar-refractivity contribution in [2.45, 2.75) is 31.7 Å². The fraction of sp³-hybridized carbons (Fsp3) is 0.471. The van der Waals surface area contributed by atoms with Gasteiger partial charge in [0, 0.05) is 25.9 Å². The van der Waals surface area contributed by atoms with Crippen molar-refractivity contribution in [1.29, 1.82) is 0 Å². The summed E-state index contributed by atoms with van der Waals surface area (Å²) in [4.78, 5) is 38.3. The van der Waals surface area contributed by atoms with Crippen LogP contribution in [-0.4, -0.2) is 35.7 Å². The van der Waals surface area contributed by atoms with E-state index in [0.29, 0.717) is 23.4 Å². The van der Waals surface area contributed by atoms with E-state index in [4.69, 9.17) is 11.6 Å². The third kappa shape index (κ3) is 2.85. The number of carbonyl (C=O) groups excluding carboxylic acids is 3. The van der Waals surface area contributed by atoms with Crippen molar-refractivity contribution in [3.05, 3.63) is 34.9 Å². The normalized spacial score (nSPS) is 26.3. The predicted molar refractivity (Wildman–Crippen MR) is 85.9 cm³/mol. The molecule has 1 aliphatic carbocycles. The smallest absolute Gasteiger partial charge is 0.262 e. The number of amides is 3. The third-order valence-electron chi connectivity index (χ3n) is 4.93. The van der Waals surface area contributed by atoms with Crippen LogP contribution in [0.5, 0.6) is 0 Å². The largest absolute Gasteiger partial charge is 0.359 e. The maximum Gasteiger partial charge on any atom is 0.262 e. The first-order valence-corrected chi connectivity index (χ1v) is 8.22. The summed E-state index contributed by atoms with van der Waals surface area (Å²) in [5.41, 5.74) is 0.341. The number of hydrogen-bond donors (Lipinski definition) is 1. The van der Waals surface area contributed by atoms with Gasteiger partial charge in [-0.25, -0.2) is 0 Å². The zero-order chi connectivity index (χ0) is 16.6. The van der Waals surface area contributed by atoms with Gasteiger partial charge in [0.2, 0.25) is 11.8 Å². The van der Waals surface area contributed by atoms with Gasteiger partial charge in [-0.1, -0.05) is 23.7 Å². The maximum absolute atomic E-state index is 12.8. The first kappa shape index (κ1) is 16.0. The molecule has 23 heavy (non-hydrogen) atoms. The summed E-state index contributed by atoms with van der Waals surface area (Å²) >= 11 is 6.11. The third-order valence-corrected chi connectivity index (χ3v) is 5.26. The Morgan fingerprint density at radius 1 is 1.30 bits per heavy atom. The molecule has 0 bridgehead atoms. The molecule has 5 nitrogen and oxygen atoms in total. The van der Waals surface area contributed by atoms with Crippen LogP contribution in [0.4, 0.5) is 0 Å². The van der Waals surface area contributed by atoms with Gasteiger partial charge < -0.3 is 5.32 Å². The Morgan fingerprint density at radius 2 is 2.04 bits per heavy atom. The van der Waals surface area contributed by atoms with Gasteiger partial charge >= 0.3 is 0 Å². The minimum absolute atomic E-state index is 0.0258. The molecule has 1 saturated heterocycles. The topological polar surface area (TPSA) is 66.5 Å². The summed E-state index contributed by atoms with van der Waals surface area (Å²) in [6, 6.07) is 6.56. The number of imide groups is 1. The van der Waals surface area contributed by atoms with E-state index >= 15 is 0 Å². The zero-order valence-electron chi connectivity index (χ0n) is 12.9. The Balaban J connectivity index is 1.88. The molecule has 122 valence electrons. The van der Waals surface area contributed by atoms with Crippen LogP contribution in [0.3, 0.4) is 0 Å². The Morgan fingerprint density at radius 3 is 2.74 bits per heavy atom. The number of nitrogens with zero attached hydrogens (tertiary/aromatic N) is 1. The molecule has 2 fully saturated rings. The van der Waals surface area contributed by atoms with E-state index < -0.39 is 0 Å². The molecule has 3 amide bonds. The first-order chi connectivity index (χ1) is 11.0. The Hall–Kier alpha value is -1.88. The van der Waals surface area contributed by atoms with E-state index in [2.05, 4.69) is 5.32 Å². The highest BCUT2D eigenvalue weighted by atomic mass is 35.5. The summed E-state index contributed by atoms with van der Waals surface area (Å²) in [6.45, 7) is 0. The molecule has 1 aromatic carbocycles. The monoisotopic (exact) mass is 334 g/mol. The number of halogens is 1. The number of benzene rings is 1. The quantitative estimate of drug-likeness (QED) is 0.862. The zero-order valence-corrected chi connectivity index (χ0v) is 13.7. The minimum atomic E-state index is -0.350. The Labute approximate surface area is 140 Å². The van der Waals surface area contributed by atoms with E-state index in [1.165, 1.54) is 4.90 Å². The standard InChI is InChI=1S/C17H19ClN2O3/c1-19-14(21)8-10-6-7-11-9-15(22)20(16(10)11)17(23)12-4-2-3-5-13(12)18/h2-5,10-11,16H,6-9H2,1H3,(H,19,21). The van der Waals surface area contributed by atoms with Crippen molar-refractivity contribution in [1.82, 2.24) is 10.2 Å². The van der Waals surface area contributed by atoms with Crippen LogP contribution in [0, 0.1) is 11.8 Å². The van der Waals surface area contributed by atoms with Crippen molar-refractivity contribution in [2.75, 3.05) is 7.05 Å². The van der Waals surface area contributed by atoms with Gasteiger partial charge in [0.25, 0.3) is 5.91 Å². The molecule has 0 aromatic heterocycles. The number of likely N-dealkylation sites (tertiary alicyclic amines) is 1. The molecule has 0 radical (unpaired) electrons. The van der Waals surface area contributed by atoms with Crippen LogP contribution < -0.4 is 5.32 Å². The fourth-order valence-electron chi connectivity index (χ4n) is 3.86. The van der Waals surface area contributed by atoms with Crippen molar-refractivity contribution >= 4 is 29.3 Å². The molecule has 6 heteroatoms. The first-order valence-electron chi connectivity index (χ1n) is 7.84. The molecule has 1 heterocycles. The van der Waals surface area contributed by atoms with Crippen LogP contribution >= 0.6 is 11.6 Å². The van der Waals surface area contributed by atoms with Crippen LogP contribution in [0.15, 0.2) is 24.3 Å². The molecule has 1 saturated carbocycles. The molecule has 0 spiro atoms. The lowest BCUT2D eigenvalue weighted by Crippen LogP contribution is -2.43. The number of rotatable bonds is 3.